The van der Waals surface area contributed by atoms with Crippen molar-refractivity contribution in [2.45, 2.75) is 52.4 Å². The predicted octanol–water partition coefficient (Wildman–Crippen LogP) is 5.16. The largest absolute Gasteiger partial charge is 0.485 e. The van der Waals surface area contributed by atoms with Crippen molar-refractivity contribution in [1.29, 1.82) is 0 Å². The minimum absolute atomic E-state index is 0.0531. The van der Waals surface area contributed by atoms with Crippen molar-refractivity contribution < 1.29 is 18.6 Å². The molecule has 1 aliphatic carbocycles. The van der Waals surface area contributed by atoms with Crippen molar-refractivity contribution in [3.05, 3.63) is 98.7 Å². The van der Waals surface area contributed by atoms with E-state index in [0.717, 1.165) is 24.6 Å². The van der Waals surface area contributed by atoms with Gasteiger partial charge in [0.15, 0.2) is 11.6 Å². The van der Waals surface area contributed by atoms with Gasteiger partial charge in [-0.2, -0.15) is 0 Å². The van der Waals surface area contributed by atoms with Crippen LogP contribution in [0.25, 0.3) is 5.70 Å². The first kappa shape index (κ1) is 28.3. The molecule has 0 saturated heterocycles. The lowest BCUT2D eigenvalue weighted by molar-refractivity contribution is 0.0684. The lowest BCUT2D eigenvalue weighted by Crippen LogP contribution is -2.23. The molecule has 0 unspecified atom stereocenters. The number of nitrogens with zero attached hydrogens (tertiary/aromatic N) is 5. The molecule has 0 spiro atoms. The summed E-state index contributed by atoms with van der Waals surface area (Å²) in [7, 11) is 0. The molecule has 0 radical (unpaired) electrons. The number of hydrogen-bond acceptors (Lipinski definition) is 7. The van der Waals surface area contributed by atoms with Crippen LogP contribution in [0.3, 0.4) is 0 Å². The van der Waals surface area contributed by atoms with Crippen molar-refractivity contribution in [3.8, 4) is 5.75 Å². The zero-order valence-electron chi connectivity index (χ0n) is 21.8. The number of pyridine rings is 2. The molecular weight excluding hydrogens is 528 g/mol. The molecule has 0 aliphatic heterocycles. The number of aryl methyl sites for hydroxylation is 1. The molecule has 0 bridgehead atoms. The van der Waals surface area contributed by atoms with Crippen LogP contribution in [0.1, 0.15) is 49.6 Å². The summed E-state index contributed by atoms with van der Waals surface area (Å²) in [5, 5.41) is 9.98. The zero-order chi connectivity index (χ0) is 28.3. The van der Waals surface area contributed by atoms with Crippen LogP contribution in [-0.2, 0) is 18.8 Å². The molecule has 3 aromatic rings. The Hall–Kier alpha value is -3.76. The van der Waals surface area contributed by atoms with Crippen molar-refractivity contribution >= 4 is 23.5 Å². The number of allylic oxidation sites excluding steroid dienone is 3. The third-order valence-corrected chi connectivity index (χ3v) is 6.39. The summed E-state index contributed by atoms with van der Waals surface area (Å²) in [5.74, 6) is -1.11. The van der Waals surface area contributed by atoms with Gasteiger partial charge in [0, 0.05) is 30.2 Å². The highest BCUT2D eigenvalue weighted by atomic mass is 35.5. The Morgan fingerprint density at radius 3 is 2.72 bits per heavy atom. The molecule has 3 aromatic heterocycles. The van der Waals surface area contributed by atoms with E-state index < -0.39 is 22.8 Å². The maximum Gasteiger partial charge on any atom is 0.277 e. The molecule has 0 aromatic carbocycles. The first-order valence-electron chi connectivity index (χ1n) is 12.3. The van der Waals surface area contributed by atoms with Gasteiger partial charge in [0.1, 0.15) is 34.5 Å². The van der Waals surface area contributed by atoms with Gasteiger partial charge >= 0.3 is 0 Å². The number of hydrogen-bond donors (Lipinski definition) is 1. The average Bonchev–Trinajstić information content (AvgIpc) is 3.72. The lowest BCUT2D eigenvalue weighted by atomic mass is 10.1. The fourth-order valence-electron chi connectivity index (χ4n) is 3.91. The van der Waals surface area contributed by atoms with Gasteiger partial charge in [-0.1, -0.05) is 18.2 Å². The Morgan fingerprint density at radius 2 is 2.08 bits per heavy atom. The van der Waals surface area contributed by atoms with Crippen molar-refractivity contribution in [2.75, 3.05) is 0 Å². The monoisotopic (exact) mass is 555 g/mol. The Kier molecular flexibility index (Phi) is 8.36. The van der Waals surface area contributed by atoms with Gasteiger partial charge in [-0.3, -0.25) is 19.3 Å². The van der Waals surface area contributed by atoms with Crippen LogP contribution in [0.4, 0.5) is 8.78 Å². The smallest absolute Gasteiger partial charge is 0.277 e. The topological polar surface area (TPSA) is 102 Å². The fraction of sp³-hybridized carbons (Fsp3) is 0.321. The van der Waals surface area contributed by atoms with E-state index in [-0.39, 0.29) is 35.5 Å². The summed E-state index contributed by atoms with van der Waals surface area (Å²) in [6.45, 7) is 8.77. The van der Waals surface area contributed by atoms with Gasteiger partial charge in [0.05, 0.1) is 24.1 Å². The number of aliphatic hydroxyl groups is 1. The molecule has 39 heavy (non-hydrogen) atoms. The van der Waals surface area contributed by atoms with E-state index in [1.165, 1.54) is 4.57 Å². The average molecular weight is 556 g/mol. The van der Waals surface area contributed by atoms with E-state index in [1.54, 1.807) is 51.4 Å². The first-order valence-corrected chi connectivity index (χ1v) is 12.6. The van der Waals surface area contributed by atoms with Crippen molar-refractivity contribution in [2.24, 2.45) is 10.9 Å². The van der Waals surface area contributed by atoms with Gasteiger partial charge in [0.25, 0.3) is 5.56 Å². The van der Waals surface area contributed by atoms with Gasteiger partial charge in [-0.25, -0.2) is 18.7 Å². The van der Waals surface area contributed by atoms with Crippen LogP contribution in [-0.4, -0.2) is 30.8 Å². The fourth-order valence-corrected chi connectivity index (χ4v) is 4.10. The molecule has 1 saturated carbocycles. The van der Waals surface area contributed by atoms with Crippen LogP contribution < -0.4 is 10.3 Å². The molecule has 0 amide bonds. The van der Waals surface area contributed by atoms with Gasteiger partial charge in [0.2, 0.25) is 0 Å². The predicted molar refractivity (Wildman–Crippen MR) is 145 cm³/mol. The van der Waals surface area contributed by atoms with Gasteiger partial charge < -0.3 is 9.84 Å². The maximum atomic E-state index is 14.0. The zero-order valence-corrected chi connectivity index (χ0v) is 22.5. The molecule has 204 valence electrons. The highest BCUT2D eigenvalue weighted by Gasteiger charge is 2.29. The quantitative estimate of drug-likeness (QED) is 0.274. The Bertz CT molecular complexity index is 1520. The van der Waals surface area contributed by atoms with E-state index in [0.29, 0.717) is 29.0 Å². The third kappa shape index (κ3) is 6.63. The molecule has 1 N–H and O–H groups in total. The van der Waals surface area contributed by atoms with Crippen LogP contribution in [0.5, 0.6) is 5.75 Å². The van der Waals surface area contributed by atoms with Gasteiger partial charge in [-0.05, 0) is 57.2 Å². The van der Waals surface area contributed by atoms with E-state index in [2.05, 4.69) is 26.5 Å². The number of halogens is 3. The Morgan fingerprint density at radius 1 is 1.33 bits per heavy atom. The second-order valence-corrected chi connectivity index (χ2v) is 10.1. The summed E-state index contributed by atoms with van der Waals surface area (Å²) >= 11 is 6.38. The molecule has 3 heterocycles. The van der Waals surface area contributed by atoms with E-state index in [4.69, 9.17) is 16.3 Å². The molecule has 1 aliphatic rings. The lowest BCUT2D eigenvalue weighted by Gasteiger charge is -2.17. The maximum absolute atomic E-state index is 14.0. The van der Waals surface area contributed by atoms with Crippen LogP contribution in [0.15, 0.2) is 58.6 Å². The Balaban J connectivity index is 1.63. The highest BCUT2D eigenvalue weighted by Crippen LogP contribution is 2.39. The number of ether oxygens (including phenoxy) is 1. The van der Waals surface area contributed by atoms with Crippen LogP contribution >= 0.6 is 11.6 Å². The van der Waals surface area contributed by atoms with Gasteiger partial charge in [-0.15, -0.1) is 0 Å². The molecule has 8 nitrogen and oxygen atoms in total. The second kappa shape index (κ2) is 11.5. The second-order valence-electron chi connectivity index (χ2n) is 9.69. The molecule has 4 rings (SSSR count). The van der Waals surface area contributed by atoms with E-state index in [9.17, 15) is 18.7 Å². The number of aliphatic imine (C=N–C) groups is 1. The first-order chi connectivity index (χ1) is 18.5. The van der Waals surface area contributed by atoms with E-state index >= 15 is 0 Å². The van der Waals surface area contributed by atoms with Crippen LogP contribution in [0.2, 0.25) is 5.02 Å². The summed E-state index contributed by atoms with van der Waals surface area (Å²) in [6, 6.07) is 3.99. The van der Waals surface area contributed by atoms with Crippen molar-refractivity contribution in [1.82, 2.24) is 19.5 Å². The molecule has 11 heteroatoms. The number of aromatic nitrogens is 4. The number of rotatable bonds is 10. The molecular formula is C28H28ClF2N5O3. The highest BCUT2D eigenvalue weighted by molar-refractivity contribution is 6.31. The SMILES string of the molecule is C=C/C(=C(\C=NCc1ccnc(C(C)(C)O)n1)C1CC1)n1c(C)cc(OCc2ncc(F)cc2F)c(Cl)c1=O. The summed E-state index contributed by atoms with van der Waals surface area (Å²) < 4.78 is 34.1. The summed E-state index contributed by atoms with van der Waals surface area (Å²) in [4.78, 5) is 30.1. The standard InChI is InChI=1S/C28H28ClF2N5O3/c1-5-23(20(17-6-7-17)14-32-13-19-8-9-33-27(35-19)28(3,4)38)36-16(2)10-24(25(29)26(36)37)39-15-22-21(31)11-18(30)12-34-22/h5,8-12,14,17,38H,1,6-7,13,15H2,2-4H3/b23-20-,32-14?. The Labute approximate surface area is 229 Å². The molecule has 0 atom stereocenters. The van der Waals surface area contributed by atoms with Crippen molar-refractivity contribution in [3.63, 3.8) is 0 Å². The van der Waals surface area contributed by atoms with Crippen LogP contribution in [0, 0.1) is 24.5 Å². The summed E-state index contributed by atoms with van der Waals surface area (Å²) in [6.07, 6.45) is 7.63. The van der Waals surface area contributed by atoms with E-state index in [1.807, 2.05) is 0 Å². The normalized spacial score (nSPS) is 14.4. The minimum atomic E-state index is -1.17. The summed E-state index contributed by atoms with van der Waals surface area (Å²) in [5.41, 5.74) is 0.694. The molecule has 1 fully saturated rings. The third-order valence-electron chi connectivity index (χ3n) is 6.04. The minimum Gasteiger partial charge on any atom is -0.485 e.